The highest BCUT2D eigenvalue weighted by molar-refractivity contribution is 5.80. The van der Waals surface area contributed by atoms with E-state index in [1.165, 1.54) is 0 Å². The summed E-state index contributed by atoms with van der Waals surface area (Å²) in [5.74, 6) is 1.05. The third-order valence-corrected chi connectivity index (χ3v) is 4.22. The van der Waals surface area contributed by atoms with Crippen LogP contribution in [0.25, 0.3) is 0 Å². The smallest absolute Gasteiger partial charge is 0.227 e. The number of aromatic amines is 2. The third-order valence-electron chi connectivity index (χ3n) is 4.22. The Morgan fingerprint density at radius 2 is 2.24 bits per heavy atom. The molecule has 3 rings (SSSR count). The molecule has 21 heavy (non-hydrogen) atoms. The fraction of sp³-hybridized carbons (Fsp3) is 0.533. The van der Waals surface area contributed by atoms with Gasteiger partial charge in [0.05, 0.1) is 18.2 Å². The van der Waals surface area contributed by atoms with Crippen LogP contribution >= 0.6 is 0 Å². The Kier molecular flexibility index (Phi) is 3.53. The van der Waals surface area contributed by atoms with Gasteiger partial charge in [-0.15, -0.1) is 0 Å². The monoisotopic (exact) mass is 287 g/mol. The fourth-order valence-corrected chi connectivity index (χ4v) is 3.04. The lowest BCUT2D eigenvalue weighted by atomic mass is 10.1. The molecule has 1 saturated heterocycles. The largest absolute Gasteiger partial charge is 0.344 e. The first-order valence-electron chi connectivity index (χ1n) is 7.37. The summed E-state index contributed by atoms with van der Waals surface area (Å²) in [6, 6.07) is 0.0821. The van der Waals surface area contributed by atoms with Crippen molar-refractivity contribution in [3.63, 3.8) is 0 Å². The maximum atomic E-state index is 12.7. The molecule has 2 aromatic heterocycles. The molecule has 1 atom stereocenters. The van der Waals surface area contributed by atoms with Crippen LogP contribution in [-0.4, -0.2) is 37.5 Å². The van der Waals surface area contributed by atoms with E-state index in [4.69, 9.17) is 0 Å². The van der Waals surface area contributed by atoms with Crippen molar-refractivity contribution in [1.82, 2.24) is 25.1 Å². The van der Waals surface area contributed by atoms with E-state index < -0.39 is 0 Å². The Balaban J connectivity index is 1.77. The summed E-state index contributed by atoms with van der Waals surface area (Å²) in [6.07, 6.45) is 4.23. The summed E-state index contributed by atoms with van der Waals surface area (Å²) in [7, 11) is 0. The molecule has 3 heterocycles. The lowest BCUT2D eigenvalue weighted by Crippen LogP contribution is -2.32. The number of amides is 1. The molecule has 0 radical (unpaired) electrons. The van der Waals surface area contributed by atoms with Crippen molar-refractivity contribution < 1.29 is 4.79 Å². The minimum absolute atomic E-state index is 0.0821. The van der Waals surface area contributed by atoms with Crippen LogP contribution in [0, 0.1) is 20.8 Å². The third kappa shape index (κ3) is 2.57. The molecule has 1 fully saturated rings. The number of carbonyl (C=O) groups excluding carboxylic acids is 1. The molecule has 6 nitrogen and oxygen atoms in total. The van der Waals surface area contributed by atoms with Gasteiger partial charge in [-0.2, -0.15) is 5.10 Å². The number of hydrogen-bond acceptors (Lipinski definition) is 3. The Morgan fingerprint density at radius 3 is 2.86 bits per heavy atom. The summed E-state index contributed by atoms with van der Waals surface area (Å²) < 4.78 is 0. The number of hydrogen-bond donors (Lipinski definition) is 2. The van der Waals surface area contributed by atoms with Crippen LogP contribution in [0.15, 0.2) is 6.20 Å². The van der Waals surface area contributed by atoms with E-state index in [-0.39, 0.29) is 11.9 Å². The van der Waals surface area contributed by atoms with Crippen LogP contribution in [0.3, 0.4) is 0 Å². The summed E-state index contributed by atoms with van der Waals surface area (Å²) in [4.78, 5) is 22.3. The zero-order valence-electron chi connectivity index (χ0n) is 12.7. The molecular formula is C15H21N5O. The van der Waals surface area contributed by atoms with Gasteiger partial charge in [0.2, 0.25) is 5.91 Å². The average molecular weight is 287 g/mol. The molecule has 0 spiro atoms. The Bertz CT molecular complexity index is 637. The molecule has 0 unspecified atom stereocenters. The molecular weight excluding hydrogens is 266 g/mol. The number of nitrogens with one attached hydrogen (secondary N) is 2. The van der Waals surface area contributed by atoms with E-state index in [1.807, 2.05) is 31.9 Å². The number of nitrogens with zero attached hydrogens (tertiary/aromatic N) is 3. The summed E-state index contributed by atoms with van der Waals surface area (Å²) in [5.41, 5.74) is 3.93. The topological polar surface area (TPSA) is 77.7 Å². The molecule has 112 valence electrons. The number of H-pyrrole nitrogens is 2. The minimum atomic E-state index is 0.0821. The second-order valence-electron chi connectivity index (χ2n) is 5.79. The molecule has 2 aromatic rings. The number of imidazole rings is 1. The summed E-state index contributed by atoms with van der Waals surface area (Å²) in [5, 5.41) is 7.10. The van der Waals surface area contributed by atoms with Crippen molar-refractivity contribution in [3.05, 3.63) is 34.7 Å². The average Bonchev–Trinajstić information content (AvgIpc) is 3.14. The predicted octanol–water partition coefficient (Wildman–Crippen LogP) is 1.96. The summed E-state index contributed by atoms with van der Waals surface area (Å²) >= 11 is 0. The zero-order valence-corrected chi connectivity index (χ0v) is 12.7. The second kappa shape index (κ2) is 5.35. The molecule has 0 saturated carbocycles. The lowest BCUT2D eigenvalue weighted by Gasteiger charge is -2.23. The molecule has 0 aromatic carbocycles. The van der Waals surface area contributed by atoms with Gasteiger partial charge in [0.15, 0.2) is 0 Å². The number of rotatable bonds is 3. The van der Waals surface area contributed by atoms with Crippen LogP contribution in [0.2, 0.25) is 0 Å². The van der Waals surface area contributed by atoms with Gasteiger partial charge in [-0.3, -0.25) is 9.89 Å². The van der Waals surface area contributed by atoms with Crippen molar-refractivity contribution >= 4 is 5.91 Å². The van der Waals surface area contributed by atoms with Gasteiger partial charge in [0.25, 0.3) is 0 Å². The molecule has 0 bridgehead atoms. The van der Waals surface area contributed by atoms with Crippen LogP contribution in [0.5, 0.6) is 0 Å². The van der Waals surface area contributed by atoms with Crippen molar-refractivity contribution in [2.75, 3.05) is 6.54 Å². The maximum absolute atomic E-state index is 12.7. The number of carbonyl (C=O) groups is 1. The van der Waals surface area contributed by atoms with Gasteiger partial charge in [-0.05, 0) is 33.6 Å². The molecule has 6 heteroatoms. The fourth-order valence-electron chi connectivity index (χ4n) is 3.04. The van der Waals surface area contributed by atoms with Crippen LogP contribution < -0.4 is 0 Å². The predicted molar refractivity (Wildman–Crippen MR) is 78.8 cm³/mol. The Labute approximate surface area is 124 Å². The van der Waals surface area contributed by atoms with E-state index in [0.29, 0.717) is 6.42 Å². The minimum Gasteiger partial charge on any atom is -0.344 e. The van der Waals surface area contributed by atoms with E-state index in [2.05, 4.69) is 20.2 Å². The van der Waals surface area contributed by atoms with Gasteiger partial charge in [0.1, 0.15) is 5.82 Å². The number of aryl methyl sites for hydroxylation is 3. The highest BCUT2D eigenvalue weighted by Gasteiger charge is 2.32. The van der Waals surface area contributed by atoms with Crippen molar-refractivity contribution in [2.45, 2.75) is 46.1 Å². The van der Waals surface area contributed by atoms with Crippen LogP contribution in [0.1, 0.15) is 47.4 Å². The first-order chi connectivity index (χ1) is 10.1. The summed E-state index contributed by atoms with van der Waals surface area (Å²) in [6.45, 7) is 6.68. The van der Waals surface area contributed by atoms with E-state index >= 15 is 0 Å². The van der Waals surface area contributed by atoms with Gasteiger partial charge in [-0.25, -0.2) is 4.98 Å². The van der Waals surface area contributed by atoms with Crippen molar-refractivity contribution in [1.29, 1.82) is 0 Å². The first kappa shape index (κ1) is 13.9. The van der Waals surface area contributed by atoms with Crippen molar-refractivity contribution in [2.24, 2.45) is 0 Å². The normalized spacial score (nSPS) is 18.4. The van der Waals surface area contributed by atoms with Crippen LogP contribution in [-0.2, 0) is 11.2 Å². The standard InChI is InChI=1S/C15H21N5O/c1-9-8-16-15(17-9)13-5-4-6-20(13)14(21)7-12-10(2)18-19-11(12)3/h8,13H,4-7H2,1-3H3,(H,16,17)(H,18,19)/t13-/m0/s1. The highest BCUT2D eigenvalue weighted by Crippen LogP contribution is 2.30. The second-order valence-corrected chi connectivity index (χ2v) is 5.79. The van der Waals surface area contributed by atoms with Gasteiger partial charge >= 0.3 is 0 Å². The highest BCUT2D eigenvalue weighted by atomic mass is 16.2. The van der Waals surface area contributed by atoms with E-state index in [9.17, 15) is 4.79 Å². The maximum Gasteiger partial charge on any atom is 0.227 e. The molecule has 1 aliphatic rings. The van der Waals surface area contributed by atoms with Crippen molar-refractivity contribution in [3.8, 4) is 0 Å². The molecule has 1 aliphatic heterocycles. The molecule has 0 aliphatic carbocycles. The first-order valence-corrected chi connectivity index (χ1v) is 7.37. The number of likely N-dealkylation sites (tertiary alicyclic amines) is 1. The van der Waals surface area contributed by atoms with Gasteiger partial charge in [-0.1, -0.05) is 0 Å². The van der Waals surface area contributed by atoms with Gasteiger partial charge in [0, 0.05) is 29.7 Å². The molecule has 1 amide bonds. The molecule has 2 N–H and O–H groups in total. The lowest BCUT2D eigenvalue weighted by molar-refractivity contribution is -0.131. The zero-order chi connectivity index (χ0) is 15.0. The van der Waals surface area contributed by atoms with Gasteiger partial charge < -0.3 is 9.88 Å². The van der Waals surface area contributed by atoms with E-state index in [0.717, 1.165) is 47.9 Å². The SMILES string of the molecule is Cc1cnc([C@@H]2CCCN2C(=O)Cc2c(C)n[nH]c2C)[nH]1. The Morgan fingerprint density at radius 1 is 1.43 bits per heavy atom. The van der Waals surface area contributed by atoms with Crippen LogP contribution in [0.4, 0.5) is 0 Å². The van der Waals surface area contributed by atoms with E-state index in [1.54, 1.807) is 0 Å². The Hall–Kier alpha value is -2.11. The quantitative estimate of drug-likeness (QED) is 0.906. The number of aromatic nitrogens is 4.